The molecule has 24 heteroatoms. The first-order chi connectivity index (χ1) is 16.1. The van der Waals surface area contributed by atoms with Crippen LogP contribution in [0.5, 0.6) is 0 Å². The highest BCUT2D eigenvalue weighted by Gasteiger charge is 1.72. The second kappa shape index (κ2) is 70.3. The lowest BCUT2D eigenvalue weighted by Gasteiger charge is -1.60. The third kappa shape index (κ3) is 1740. The summed E-state index contributed by atoms with van der Waals surface area (Å²) in [5.74, 6) is 0. The van der Waals surface area contributed by atoms with Crippen molar-refractivity contribution in [2.75, 3.05) is 0 Å². The van der Waals surface area contributed by atoms with Crippen molar-refractivity contribution >= 4 is 36.9 Å². The Morgan fingerprint density at radius 3 is 0.306 bits per heavy atom. The Morgan fingerprint density at radius 2 is 0.306 bits per heavy atom. The lowest BCUT2D eigenvalue weighted by atomic mass is 11.0. The second-order valence-electron chi connectivity index (χ2n) is 2.85. The fourth-order valence-corrected chi connectivity index (χ4v) is 0. The zero-order valence-electron chi connectivity index (χ0n) is 17.7. The fraction of sp³-hybridized carbons (Fsp3) is 0. The van der Waals surface area contributed by atoms with E-state index in [9.17, 15) is 0 Å². The molecular weight excluding hydrogens is 516 g/mol. The summed E-state index contributed by atoms with van der Waals surface area (Å²) >= 11 is 0. The van der Waals surface area contributed by atoms with E-state index in [4.69, 9.17) is 124 Å². The molecule has 0 aromatic rings. The molecule has 0 unspecified atom stereocenters. The van der Waals surface area contributed by atoms with Gasteiger partial charge in [-0.05, 0) is 0 Å². The van der Waals surface area contributed by atoms with Gasteiger partial charge >= 0.3 is 36.9 Å². The quantitative estimate of drug-likeness (QED) is 0.181. The maximum Gasteiger partial charge on any atom is 0.503 e. The van der Waals surface area contributed by atoms with Gasteiger partial charge in [-0.1, -0.05) is 0 Å². The van der Waals surface area contributed by atoms with Gasteiger partial charge in [-0.2, -0.15) is 0 Å². The van der Waals surface area contributed by atoms with Crippen molar-refractivity contribution < 1.29 is 90.0 Å². The van der Waals surface area contributed by atoms with Gasteiger partial charge in [0.15, 0.2) is 0 Å². The molecule has 0 spiro atoms. The van der Waals surface area contributed by atoms with Crippen molar-refractivity contribution in [1.82, 2.24) is 0 Å². The van der Waals surface area contributed by atoms with Crippen molar-refractivity contribution in [2.24, 2.45) is 34.4 Å². The van der Waals surface area contributed by atoms with Crippen LogP contribution in [0.4, 0.5) is 28.8 Å². The van der Waals surface area contributed by atoms with Crippen LogP contribution in [0.3, 0.4) is 0 Å². The summed E-state index contributed by atoms with van der Waals surface area (Å²) in [4.78, 5) is 51.3. The topological polar surface area (TPSA) is 501 Å². The van der Waals surface area contributed by atoms with E-state index in [0.29, 0.717) is 0 Å². The summed E-state index contributed by atoms with van der Waals surface area (Å²) in [6.45, 7) is 0. The maximum atomic E-state index is 8.56. The van der Waals surface area contributed by atoms with Gasteiger partial charge in [0, 0.05) is 37.2 Å². The fourth-order valence-electron chi connectivity index (χ4n) is 0. The SMILES string of the molecule is NC=CN.NC=CN.NC=CN.O=C(O)O.O=C(O)O.O=C(O)O.O=C(O)O.O=C(O)O.O=C(O)O. The van der Waals surface area contributed by atoms with Gasteiger partial charge in [0.1, 0.15) is 0 Å². The van der Waals surface area contributed by atoms with Crippen molar-refractivity contribution in [2.45, 2.75) is 0 Å². The normalized spacial score (nSPS) is 7.00. The van der Waals surface area contributed by atoms with Gasteiger partial charge in [0.25, 0.3) is 0 Å². The van der Waals surface area contributed by atoms with E-state index in [1.807, 2.05) is 0 Å². The first kappa shape index (κ1) is 57.1. The van der Waals surface area contributed by atoms with Crippen LogP contribution in [-0.4, -0.2) is 98.2 Å². The largest absolute Gasteiger partial charge is 0.503 e. The molecule has 0 aromatic heterocycles. The van der Waals surface area contributed by atoms with Crippen LogP contribution in [0.1, 0.15) is 0 Å². The number of hydrogen-bond acceptors (Lipinski definition) is 12. The van der Waals surface area contributed by atoms with E-state index in [1.54, 1.807) is 0 Å². The molecule has 216 valence electrons. The smallest absolute Gasteiger partial charge is 0.450 e. The van der Waals surface area contributed by atoms with Crippen LogP contribution in [0, 0.1) is 0 Å². The van der Waals surface area contributed by atoms with Gasteiger partial charge in [-0.3, -0.25) is 0 Å². The Balaban J connectivity index is -0.0000000325. The molecule has 0 saturated carbocycles. The Bertz CT molecular complexity index is 442. The minimum absolute atomic E-state index is 1.28. The maximum absolute atomic E-state index is 8.56. The molecule has 0 bridgehead atoms. The predicted octanol–water partition coefficient (Wildman–Crippen LogP) is -0.541. The summed E-state index contributed by atoms with van der Waals surface area (Å²) in [7, 11) is 0. The van der Waals surface area contributed by atoms with Gasteiger partial charge < -0.3 is 95.7 Å². The van der Waals surface area contributed by atoms with Crippen LogP contribution in [0.25, 0.3) is 0 Å². The highest BCUT2D eigenvalue weighted by molar-refractivity contribution is 5.54. The monoisotopic (exact) mass is 546 g/mol. The molecule has 0 amide bonds. The first-order valence-corrected chi connectivity index (χ1v) is 6.91. The molecule has 0 aliphatic carbocycles. The standard InChI is InChI=1S/3C2H6N2.6CH2O3/c3*3-1-2-4;6*2-1(3)4/h3*1-2H,3-4H2;6*(H2,2,3,4). The minimum Gasteiger partial charge on any atom is -0.450 e. The summed E-state index contributed by atoms with van der Waals surface area (Å²) in [6, 6.07) is 0. The Labute approximate surface area is 199 Å². The zero-order valence-corrected chi connectivity index (χ0v) is 17.7. The number of hydrogen-bond donors (Lipinski definition) is 18. The van der Waals surface area contributed by atoms with Crippen LogP contribution in [0.15, 0.2) is 37.2 Å². The highest BCUT2D eigenvalue weighted by atomic mass is 16.6. The Morgan fingerprint density at radius 1 is 0.278 bits per heavy atom. The summed E-state index contributed by atoms with van der Waals surface area (Å²) < 4.78 is 0. The number of rotatable bonds is 0. The molecule has 24 nitrogen and oxygen atoms in total. The second-order valence-corrected chi connectivity index (χ2v) is 2.85. The average molecular weight is 546 g/mol. The number of carbonyl (C=O) groups is 6. The van der Waals surface area contributed by atoms with Crippen molar-refractivity contribution in [3.8, 4) is 0 Å². The van der Waals surface area contributed by atoms with Crippen molar-refractivity contribution in [1.29, 1.82) is 0 Å². The number of nitrogens with two attached hydrogens (primary N) is 6. The van der Waals surface area contributed by atoms with Gasteiger partial charge in [-0.25, -0.2) is 28.8 Å². The van der Waals surface area contributed by atoms with Crippen LogP contribution < -0.4 is 34.4 Å². The molecular formula is C12H30N6O18. The first-order valence-electron chi connectivity index (χ1n) is 6.91. The number of carboxylic acid groups (broad SMARTS) is 12. The van der Waals surface area contributed by atoms with Crippen LogP contribution in [-0.2, 0) is 0 Å². The van der Waals surface area contributed by atoms with Gasteiger partial charge in [0.05, 0.1) is 0 Å². The summed E-state index contributed by atoms with van der Waals surface area (Å²) in [5.41, 5.74) is 28.3. The molecule has 0 radical (unpaired) electrons. The van der Waals surface area contributed by atoms with E-state index in [2.05, 4.69) is 0 Å². The summed E-state index contributed by atoms with van der Waals surface area (Å²) in [6.07, 6.45) is -3.33. The molecule has 0 heterocycles. The third-order valence-corrected chi connectivity index (χ3v) is 0.333. The zero-order chi connectivity index (χ0) is 31.7. The molecule has 0 saturated heterocycles. The van der Waals surface area contributed by atoms with E-state index in [1.165, 1.54) is 37.2 Å². The van der Waals surface area contributed by atoms with Gasteiger partial charge in [0.2, 0.25) is 0 Å². The minimum atomic E-state index is -1.83. The van der Waals surface area contributed by atoms with Crippen molar-refractivity contribution in [3.05, 3.63) is 37.2 Å². The third-order valence-electron chi connectivity index (χ3n) is 0.333. The Hall–Kier alpha value is -6.36. The molecule has 0 aliphatic rings. The lowest BCUT2D eigenvalue weighted by Crippen LogP contribution is -1.81. The van der Waals surface area contributed by atoms with Gasteiger partial charge in [-0.15, -0.1) is 0 Å². The molecule has 0 aliphatic heterocycles. The molecule has 0 rings (SSSR count). The highest BCUT2D eigenvalue weighted by Crippen LogP contribution is 1.44. The molecule has 36 heavy (non-hydrogen) atoms. The lowest BCUT2D eigenvalue weighted by molar-refractivity contribution is 0.135. The summed E-state index contributed by atoms with van der Waals surface area (Å²) in [5, 5.41) is 83.7. The van der Waals surface area contributed by atoms with Crippen LogP contribution >= 0.6 is 0 Å². The molecule has 24 N–H and O–H groups in total. The molecule has 0 fully saturated rings. The average Bonchev–Trinajstić information content (AvgIpc) is 2.65. The predicted molar refractivity (Wildman–Crippen MR) is 116 cm³/mol. The molecule has 0 atom stereocenters. The van der Waals surface area contributed by atoms with Crippen LogP contribution in [0.2, 0.25) is 0 Å². The van der Waals surface area contributed by atoms with E-state index in [-0.39, 0.29) is 0 Å². The van der Waals surface area contributed by atoms with E-state index < -0.39 is 36.9 Å². The molecule has 0 aromatic carbocycles. The van der Waals surface area contributed by atoms with Crippen molar-refractivity contribution in [3.63, 3.8) is 0 Å². The van der Waals surface area contributed by atoms with E-state index in [0.717, 1.165) is 0 Å². The van der Waals surface area contributed by atoms with E-state index >= 15 is 0 Å². The Kier molecular flexibility index (Phi) is 111.